The standard InChI is InChI=1S/C6H10N2O3/c1-11-6(10)5(9)8-2-4(7)3-8/h4H,2-3,7H2,1H3. The van der Waals surface area contributed by atoms with Crippen molar-refractivity contribution in [2.24, 2.45) is 5.73 Å². The van der Waals surface area contributed by atoms with E-state index < -0.39 is 11.9 Å². The van der Waals surface area contributed by atoms with Crippen molar-refractivity contribution in [3.8, 4) is 0 Å². The van der Waals surface area contributed by atoms with E-state index in [2.05, 4.69) is 4.74 Å². The van der Waals surface area contributed by atoms with Gasteiger partial charge in [0.25, 0.3) is 0 Å². The molecule has 1 rings (SSSR count). The van der Waals surface area contributed by atoms with Gasteiger partial charge in [-0.15, -0.1) is 0 Å². The number of carbonyl (C=O) groups excluding carboxylic acids is 2. The van der Waals surface area contributed by atoms with Gasteiger partial charge >= 0.3 is 11.9 Å². The lowest BCUT2D eigenvalue weighted by atomic mass is 10.1. The van der Waals surface area contributed by atoms with Crippen LogP contribution in [0.25, 0.3) is 0 Å². The Morgan fingerprint density at radius 3 is 2.45 bits per heavy atom. The average Bonchev–Trinajstić information content (AvgIpc) is 1.96. The Morgan fingerprint density at radius 1 is 1.55 bits per heavy atom. The van der Waals surface area contributed by atoms with Crippen molar-refractivity contribution in [2.45, 2.75) is 6.04 Å². The highest BCUT2D eigenvalue weighted by molar-refractivity contribution is 6.32. The number of hydrogen-bond acceptors (Lipinski definition) is 4. The monoisotopic (exact) mass is 158 g/mol. The summed E-state index contributed by atoms with van der Waals surface area (Å²) in [5.41, 5.74) is 5.40. The molecule has 0 aliphatic carbocycles. The summed E-state index contributed by atoms with van der Waals surface area (Å²) in [5, 5.41) is 0. The Hall–Kier alpha value is -1.10. The summed E-state index contributed by atoms with van der Waals surface area (Å²) in [4.78, 5) is 22.9. The molecule has 1 heterocycles. The van der Waals surface area contributed by atoms with Gasteiger partial charge in [-0.3, -0.25) is 4.79 Å². The number of hydrogen-bond donors (Lipinski definition) is 1. The first-order valence-corrected chi connectivity index (χ1v) is 3.28. The maximum atomic E-state index is 10.9. The van der Waals surface area contributed by atoms with E-state index in [0.717, 1.165) is 0 Å². The van der Waals surface area contributed by atoms with Crippen molar-refractivity contribution in [1.29, 1.82) is 0 Å². The van der Waals surface area contributed by atoms with Crippen LogP contribution in [0.5, 0.6) is 0 Å². The largest absolute Gasteiger partial charge is 0.462 e. The Balaban J connectivity index is 2.38. The molecule has 11 heavy (non-hydrogen) atoms. The van der Waals surface area contributed by atoms with Gasteiger partial charge in [0.15, 0.2) is 0 Å². The minimum Gasteiger partial charge on any atom is -0.462 e. The molecule has 62 valence electrons. The second kappa shape index (κ2) is 2.87. The van der Waals surface area contributed by atoms with Crippen molar-refractivity contribution in [1.82, 2.24) is 4.90 Å². The molecule has 0 aromatic carbocycles. The van der Waals surface area contributed by atoms with Crippen LogP contribution in [0, 0.1) is 0 Å². The molecule has 0 unspecified atom stereocenters. The lowest BCUT2D eigenvalue weighted by Gasteiger charge is -2.35. The average molecular weight is 158 g/mol. The van der Waals surface area contributed by atoms with Gasteiger partial charge in [-0.05, 0) is 0 Å². The first-order chi connectivity index (χ1) is 5.15. The van der Waals surface area contributed by atoms with E-state index in [0.29, 0.717) is 13.1 Å². The third-order valence-corrected chi connectivity index (χ3v) is 1.56. The molecule has 0 saturated carbocycles. The molecule has 1 fully saturated rings. The smallest absolute Gasteiger partial charge is 0.396 e. The van der Waals surface area contributed by atoms with Crippen molar-refractivity contribution in [3.63, 3.8) is 0 Å². The Bertz CT molecular complexity index is 186. The molecule has 1 saturated heterocycles. The Morgan fingerprint density at radius 2 is 2.09 bits per heavy atom. The van der Waals surface area contributed by atoms with Crippen LogP contribution < -0.4 is 5.73 Å². The minimum atomic E-state index is -0.822. The van der Waals surface area contributed by atoms with Gasteiger partial charge in [0.2, 0.25) is 0 Å². The SMILES string of the molecule is COC(=O)C(=O)N1CC(N)C1. The van der Waals surface area contributed by atoms with E-state index in [1.165, 1.54) is 12.0 Å². The molecule has 5 heteroatoms. The Kier molecular flexibility index (Phi) is 2.09. The summed E-state index contributed by atoms with van der Waals surface area (Å²) in [6, 6.07) is 0.0172. The molecule has 0 aromatic heterocycles. The summed E-state index contributed by atoms with van der Waals surface area (Å²) in [6.45, 7) is 0.905. The van der Waals surface area contributed by atoms with Crippen LogP contribution in [-0.4, -0.2) is 43.0 Å². The van der Waals surface area contributed by atoms with Crippen molar-refractivity contribution in [2.75, 3.05) is 20.2 Å². The van der Waals surface area contributed by atoms with Crippen LogP contribution in [0.15, 0.2) is 0 Å². The fraction of sp³-hybridized carbons (Fsp3) is 0.667. The molecule has 0 atom stereocenters. The van der Waals surface area contributed by atoms with Gasteiger partial charge in [-0.2, -0.15) is 0 Å². The first-order valence-electron chi connectivity index (χ1n) is 3.28. The third kappa shape index (κ3) is 1.48. The van der Waals surface area contributed by atoms with E-state index in [1.807, 2.05) is 0 Å². The van der Waals surface area contributed by atoms with Crippen molar-refractivity contribution in [3.05, 3.63) is 0 Å². The predicted molar refractivity (Wildman–Crippen MR) is 36.6 cm³/mol. The molecule has 1 aliphatic rings. The topological polar surface area (TPSA) is 72.6 Å². The predicted octanol–water partition coefficient (Wildman–Crippen LogP) is -1.67. The highest BCUT2D eigenvalue weighted by Crippen LogP contribution is 2.05. The number of ether oxygens (including phenoxy) is 1. The van der Waals surface area contributed by atoms with Crippen LogP contribution in [-0.2, 0) is 14.3 Å². The van der Waals surface area contributed by atoms with Crippen molar-refractivity contribution >= 4 is 11.9 Å². The Labute approximate surface area is 64.1 Å². The van der Waals surface area contributed by atoms with Gasteiger partial charge in [0.1, 0.15) is 0 Å². The van der Waals surface area contributed by atoms with E-state index >= 15 is 0 Å². The second-order valence-electron chi connectivity index (χ2n) is 2.46. The van der Waals surface area contributed by atoms with Gasteiger partial charge in [-0.25, -0.2) is 4.79 Å². The van der Waals surface area contributed by atoms with Crippen LogP contribution in [0.4, 0.5) is 0 Å². The number of rotatable bonds is 0. The van der Waals surface area contributed by atoms with E-state index in [9.17, 15) is 9.59 Å². The van der Waals surface area contributed by atoms with Crippen LogP contribution in [0.2, 0.25) is 0 Å². The van der Waals surface area contributed by atoms with E-state index in [-0.39, 0.29) is 6.04 Å². The first kappa shape index (κ1) is 8.00. The zero-order chi connectivity index (χ0) is 8.43. The number of likely N-dealkylation sites (tertiary alicyclic amines) is 1. The zero-order valence-electron chi connectivity index (χ0n) is 6.24. The molecule has 2 N–H and O–H groups in total. The second-order valence-corrected chi connectivity index (χ2v) is 2.46. The molecule has 0 aromatic rings. The van der Waals surface area contributed by atoms with Gasteiger partial charge < -0.3 is 15.4 Å². The lowest BCUT2D eigenvalue weighted by molar-refractivity contribution is -0.160. The fourth-order valence-corrected chi connectivity index (χ4v) is 0.895. The zero-order valence-corrected chi connectivity index (χ0v) is 6.24. The molecule has 0 radical (unpaired) electrons. The molecule has 1 amide bonds. The van der Waals surface area contributed by atoms with Gasteiger partial charge in [-0.1, -0.05) is 0 Å². The maximum Gasteiger partial charge on any atom is 0.396 e. The summed E-state index contributed by atoms with van der Waals surface area (Å²) in [5.74, 6) is -1.42. The molecule has 1 aliphatic heterocycles. The summed E-state index contributed by atoms with van der Waals surface area (Å²) >= 11 is 0. The molecular formula is C6H10N2O3. The van der Waals surface area contributed by atoms with E-state index in [4.69, 9.17) is 5.73 Å². The van der Waals surface area contributed by atoms with E-state index in [1.54, 1.807) is 0 Å². The molecular weight excluding hydrogens is 148 g/mol. The molecule has 0 bridgehead atoms. The highest BCUT2D eigenvalue weighted by Gasteiger charge is 2.32. The van der Waals surface area contributed by atoms with Crippen LogP contribution in [0.3, 0.4) is 0 Å². The number of methoxy groups -OCH3 is 1. The quantitative estimate of drug-likeness (QED) is 0.338. The number of esters is 1. The van der Waals surface area contributed by atoms with Gasteiger partial charge in [0, 0.05) is 19.1 Å². The summed E-state index contributed by atoms with van der Waals surface area (Å²) in [6.07, 6.45) is 0. The number of nitrogens with zero attached hydrogens (tertiary/aromatic N) is 1. The van der Waals surface area contributed by atoms with Crippen molar-refractivity contribution < 1.29 is 14.3 Å². The summed E-state index contributed by atoms with van der Waals surface area (Å²) < 4.78 is 4.23. The lowest BCUT2D eigenvalue weighted by Crippen LogP contribution is -2.59. The third-order valence-electron chi connectivity index (χ3n) is 1.56. The van der Waals surface area contributed by atoms with Crippen LogP contribution in [0.1, 0.15) is 0 Å². The number of amides is 1. The summed E-state index contributed by atoms with van der Waals surface area (Å²) in [7, 11) is 1.18. The molecule has 0 spiro atoms. The van der Waals surface area contributed by atoms with Crippen LogP contribution >= 0.6 is 0 Å². The highest BCUT2D eigenvalue weighted by atomic mass is 16.5. The number of nitrogens with two attached hydrogens (primary N) is 1. The number of carbonyl (C=O) groups is 2. The van der Waals surface area contributed by atoms with Gasteiger partial charge in [0.05, 0.1) is 7.11 Å². The fourth-order valence-electron chi connectivity index (χ4n) is 0.895. The molecule has 5 nitrogen and oxygen atoms in total. The maximum absolute atomic E-state index is 10.9. The minimum absolute atomic E-state index is 0.0172. The normalized spacial score (nSPS) is 17.5.